The molecule has 1 rings (SSSR count). The summed E-state index contributed by atoms with van der Waals surface area (Å²) in [6.07, 6.45) is 0. The summed E-state index contributed by atoms with van der Waals surface area (Å²) < 4.78 is 25.3. The third kappa shape index (κ3) is 2.95. The summed E-state index contributed by atoms with van der Waals surface area (Å²) in [7, 11) is -3.85. The fraction of sp³-hybridized carbons (Fsp3) is 0.300. The second-order valence-corrected chi connectivity index (χ2v) is 5.68. The summed E-state index contributed by atoms with van der Waals surface area (Å²) in [5, 5.41) is 18.0. The third-order valence-electron chi connectivity index (χ3n) is 2.31. The Hall–Kier alpha value is -2.14. The Balaban J connectivity index is 3.12. The molecule has 0 aliphatic heterocycles. The number of anilines is 1. The molecule has 0 aliphatic carbocycles. The Labute approximate surface area is 104 Å². The molecule has 1 unspecified atom stereocenters. The summed E-state index contributed by atoms with van der Waals surface area (Å²) in [6, 6.07) is 5.56. The number of aryl methyl sites for hydroxylation is 1. The minimum Gasteiger partial charge on any atom is -0.282 e. The standard InChI is InChI=1S/C10H11N3O4S/c1-7-3-4-9(5-10(7)13(14)15)12-18(16,17)8(2)6-11/h3-5,8,12H,1-2H3. The van der Waals surface area contributed by atoms with Crippen LogP contribution in [0.25, 0.3) is 0 Å². The van der Waals surface area contributed by atoms with Crippen LogP contribution in [0.1, 0.15) is 12.5 Å². The molecule has 0 radical (unpaired) electrons. The molecular formula is C10H11N3O4S. The maximum absolute atomic E-state index is 11.6. The number of nitriles is 1. The molecular weight excluding hydrogens is 258 g/mol. The molecule has 96 valence electrons. The van der Waals surface area contributed by atoms with E-state index in [2.05, 4.69) is 4.72 Å². The largest absolute Gasteiger partial charge is 0.282 e. The lowest BCUT2D eigenvalue weighted by molar-refractivity contribution is -0.385. The molecule has 0 aromatic heterocycles. The van der Waals surface area contributed by atoms with Crippen LogP contribution in [0.15, 0.2) is 18.2 Å². The molecule has 0 aliphatic rings. The van der Waals surface area contributed by atoms with Crippen molar-refractivity contribution in [3.8, 4) is 6.07 Å². The van der Waals surface area contributed by atoms with Gasteiger partial charge in [0.2, 0.25) is 10.0 Å². The number of hydrogen-bond acceptors (Lipinski definition) is 5. The Bertz CT molecular complexity index is 619. The third-order valence-corrected chi connectivity index (χ3v) is 3.87. The summed E-state index contributed by atoms with van der Waals surface area (Å²) in [4.78, 5) is 10.1. The van der Waals surface area contributed by atoms with Gasteiger partial charge in [0.15, 0.2) is 5.25 Å². The van der Waals surface area contributed by atoms with E-state index in [1.54, 1.807) is 13.0 Å². The fourth-order valence-corrected chi connectivity index (χ4v) is 1.96. The smallest absolute Gasteiger partial charge is 0.274 e. The van der Waals surface area contributed by atoms with Gasteiger partial charge in [-0.05, 0) is 19.9 Å². The number of sulfonamides is 1. The van der Waals surface area contributed by atoms with E-state index in [0.29, 0.717) is 5.56 Å². The topological polar surface area (TPSA) is 113 Å². The predicted octanol–water partition coefficient (Wildman–Crippen LogP) is 1.56. The molecule has 0 spiro atoms. The number of nitrogens with zero attached hydrogens (tertiary/aromatic N) is 2. The number of nitro benzene ring substituents is 1. The SMILES string of the molecule is Cc1ccc(NS(=O)(=O)C(C)C#N)cc1[N+](=O)[O-]. The van der Waals surface area contributed by atoms with Gasteiger partial charge < -0.3 is 0 Å². The van der Waals surface area contributed by atoms with Gasteiger partial charge in [0.1, 0.15) is 0 Å². The molecule has 0 saturated carbocycles. The van der Waals surface area contributed by atoms with Gasteiger partial charge in [-0.3, -0.25) is 14.8 Å². The second-order valence-electron chi connectivity index (χ2n) is 3.68. The first-order valence-electron chi connectivity index (χ1n) is 4.94. The minimum absolute atomic E-state index is 0.0643. The monoisotopic (exact) mass is 269 g/mol. The van der Waals surface area contributed by atoms with Gasteiger partial charge in [-0.25, -0.2) is 8.42 Å². The first-order valence-corrected chi connectivity index (χ1v) is 6.49. The van der Waals surface area contributed by atoms with Crippen molar-refractivity contribution in [1.82, 2.24) is 0 Å². The second kappa shape index (κ2) is 5.01. The van der Waals surface area contributed by atoms with Gasteiger partial charge in [-0.15, -0.1) is 0 Å². The van der Waals surface area contributed by atoms with Crippen LogP contribution >= 0.6 is 0 Å². The van der Waals surface area contributed by atoms with E-state index >= 15 is 0 Å². The highest BCUT2D eigenvalue weighted by atomic mass is 32.2. The van der Waals surface area contributed by atoms with Crippen LogP contribution in [0.2, 0.25) is 0 Å². The van der Waals surface area contributed by atoms with Crippen LogP contribution in [0, 0.1) is 28.4 Å². The van der Waals surface area contributed by atoms with Crippen LogP contribution in [0.5, 0.6) is 0 Å². The number of rotatable bonds is 4. The van der Waals surface area contributed by atoms with Gasteiger partial charge in [-0.1, -0.05) is 6.07 Å². The molecule has 1 aromatic rings. The number of benzene rings is 1. The van der Waals surface area contributed by atoms with Crippen LogP contribution in [0.3, 0.4) is 0 Å². The van der Waals surface area contributed by atoms with Gasteiger partial charge in [0, 0.05) is 11.6 Å². The molecule has 0 amide bonds. The molecule has 0 heterocycles. The van der Waals surface area contributed by atoms with Crippen molar-refractivity contribution in [2.45, 2.75) is 19.1 Å². The average Bonchev–Trinajstić information content (AvgIpc) is 2.29. The quantitative estimate of drug-likeness (QED) is 0.658. The first kappa shape index (κ1) is 13.9. The van der Waals surface area contributed by atoms with E-state index in [-0.39, 0.29) is 11.4 Å². The van der Waals surface area contributed by atoms with Crippen LogP contribution in [-0.4, -0.2) is 18.6 Å². The van der Waals surface area contributed by atoms with Gasteiger partial charge in [0.05, 0.1) is 16.7 Å². The molecule has 7 nitrogen and oxygen atoms in total. The highest BCUT2D eigenvalue weighted by Crippen LogP contribution is 2.23. The van der Waals surface area contributed by atoms with Crippen LogP contribution < -0.4 is 4.72 Å². The maximum atomic E-state index is 11.6. The molecule has 1 aromatic carbocycles. The van der Waals surface area contributed by atoms with Gasteiger partial charge in [-0.2, -0.15) is 5.26 Å². The Morgan fingerprint density at radius 2 is 2.11 bits per heavy atom. The zero-order chi connectivity index (χ0) is 13.9. The minimum atomic E-state index is -3.85. The maximum Gasteiger partial charge on any atom is 0.274 e. The molecule has 0 bridgehead atoms. The van der Waals surface area contributed by atoms with E-state index in [0.717, 1.165) is 6.07 Å². The number of hydrogen-bond donors (Lipinski definition) is 1. The average molecular weight is 269 g/mol. The van der Waals surface area contributed by atoms with E-state index < -0.39 is 20.2 Å². The van der Waals surface area contributed by atoms with Gasteiger partial charge >= 0.3 is 0 Å². The lowest BCUT2D eigenvalue weighted by Gasteiger charge is -2.09. The highest BCUT2D eigenvalue weighted by Gasteiger charge is 2.21. The number of nitro groups is 1. The summed E-state index contributed by atoms with van der Waals surface area (Å²) in [6.45, 7) is 2.78. The first-order chi connectivity index (χ1) is 8.27. The van der Waals surface area contributed by atoms with Crippen molar-refractivity contribution < 1.29 is 13.3 Å². The molecule has 0 saturated heterocycles. The predicted molar refractivity (Wildman–Crippen MR) is 65.5 cm³/mol. The summed E-state index contributed by atoms with van der Waals surface area (Å²) in [5.74, 6) is 0. The Kier molecular flexibility index (Phi) is 3.88. The lowest BCUT2D eigenvalue weighted by atomic mass is 10.2. The van der Waals surface area contributed by atoms with E-state index in [4.69, 9.17) is 5.26 Å². The molecule has 18 heavy (non-hydrogen) atoms. The zero-order valence-electron chi connectivity index (χ0n) is 9.75. The normalized spacial score (nSPS) is 12.5. The van der Waals surface area contributed by atoms with E-state index in [1.807, 2.05) is 0 Å². The van der Waals surface area contributed by atoms with Gasteiger partial charge in [0.25, 0.3) is 5.69 Å². The van der Waals surface area contributed by atoms with Crippen molar-refractivity contribution in [1.29, 1.82) is 5.26 Å². The Morgan fingerprint density at radius 1 is 1.50 bits per heavy atom. The van der Waals surface area contributed by atoms with Crippen molar-refractivity contribution in [3.63, 3.8) is 0 Å². The Morgan fingerprint density at radius 3 is 2.61 bits per heavy atom. The molecule has 0 fully saturated rings. The van der Waals surface area contributed by atoms with E-state index in [1.165, 1.54) is 19.1 Å². The summed E-state index contributed by atoms with van der Waals surface area (Å²) >= 11 is 0. The molecule has 1 atom stereocenters. The molecule has 1 N–H and O–H groups in total. The van der Waals surface area contributed by atoms with Crippen LogP contribution in [0.4, 0.5) is 11.4 Å². The fourth-order valence-electron chi connectivity index (χ4n) is 1.19. The zero-order valence-corrected chi connectivity index (χ0v) is 10.6. The van der Waals surface area contributed by atoms with Crippen LogP contribution in [-0.2, 0) is 10.0 Å². The lowest BCUT2D eigenvalue weighted by Crippen LogP contribution is -2.23. The summed E-state index contributed by atoms with van der Waals surface area (Å²) in [5.41, 5.74) is 0.311. The van der Waals surface area contributed by atoms with Crippen molar-refractivity contribution in [2.24, 2.45) is 0 Å². The van der Waals surface area contributed by atoms with Crippen molar-refractivity contribution >= 4 is 21.4 Å². The molecule has 8 heteroatoms. The highest BCUT2D eigenvalue weighted by molar-refractivity contribution is 7.93. The van der Waals surface area contributed by atoms with Crippen molar-refractivity contribution in [2.75, 3.05) is 4.72 Å². The number of nitrogens with one attached hydrogen (secondary N) is 1. The van der Waals surface area contributed by atoms with Crippen molar-refractivity contribution in [3.05, 3.63) is 33.9 Å². The van der Waals surface area contributed by atoms with E-state index in [9.17, 15) is 18.5 Å².